The van der Waals surface area contributed by atoms with Crippen molar-refractivity contribution in [3.05, 3.63) is 21.9 Å². The lowest BCUT2D eigenvalue weighted by Crippen LogP contribution is -2.48. The van der Waals surface area contributed by atoms with Gasteiger partial charge in [-0.25, -0.2) is 0 Å². The number of amides is 1. The Morgan fingerprint density at radius 3 is 2.57 bits per heavy atom. The molecule has 1 N–H and O–H groups in total. The third-order valence-electron chi connectivity index (χ3n) is 4.00. The van der Waals surface area contributed by atoms with Crippen LogP contribution in [0.5, 0.6) is 0 Å². The van der Waals surface area contributed by atoms with Gasteiger partial charge in [0.05, 0.1) is 0 Å². The van der Waals surface area contributed by atoms with Gasteiger partial charge in [0.15, 0.2) is 0 Å². The second-order valence-electron chi connectivity index (χ2n) is 6.48. The van der Waals surface area contributed by atoms with Gasteiger partial charge in [-0.15, -0.1) is 11.3 Å². The van der Waals surface area contributed by atoms with E-state index in [1.807, 2.05) is 16.2 Å². The van der Waals surface area contributed by atoms with E-state index in [0.29, 0.717) is 11.8 Å². The Hall–Kier alpha value is -0.870. The fourth-order valence-electron chi connectivity index (χ4n) is 2.75. The van der Waals surface area contributed by atoms with Crippen LogP contribution < -0.4 is 5.32 Å². The smallest absolute Gasteiger partial charge is 0.225 e. The van der Waals surface area contributed by atoms with E-state index in [4.69, 9.17) is 0 Å². The number of aryl methyl sites for hydroxylation is 1. The van der Waals surface area contributed by atoms with Crippen molar-refractivity contribution < 1.29 is 4.79 Å². The molecule has 1 saturated heterocycles. The summed E-state index contributed by atoms with van der Waals surface area (Å²) in [6, 6.07) is 4.49. The SMILES string of the molecule is CC(C)Cc1ccc(CCC(C)C(=O)N2CCNCC2)s1. The Kier molecular flexibility index (Phi) is 6.24. The number of carbonyl (C=O) groups is 1. The zero-order chi connectivity index (χ0) is 15.2. The molecule has 1 aromatic rings. The van der Waals surface area contributed by atoms with Crippen LogP contribution in [0.3, 0.4) is 0 Å². The first-order chi connectivity index (χ1) is 10.1. The largest absolute Gasteiger partial charge is 0.340 e. The van der Waals surface area contributed by atoms with Gasteiger partial charge < -0.3 is 10.2 Å². The summed E-state index contributed by atoms with van der Waals surface area (Å²) in [5.74, 6) is 1.18. The van der Waals surface area contributed by atoms with Crippen LogP contribution in [-0.2, 0) is 17.6 Å². The highest BCUT2D eigenvalue weighted by atomic mass is 32.1. The number of rotatable bonds is 6. The molecule has 0 radical (unpaired) electrons. The number of piperazine rings is 1. The standard InChI is InChI=1S/C17H28N2OS/c1-13(2)12-16-7-6-15(21-16)5-4-14(3)17(20)19-10-8-18-9-11-19/h6-7,13-14,18H,4-5,8-12H2,1-3H3. The van der Waals surface area contributed by atoms with Gasteiger partial charge in [-0.3, -0.25) is 4.79 Å². The van der Waals surface area contributed by atoms with Crippen molar-refractivity contribution in [1.82, 2.24) is 10.2 Å². The molecule has 1 aliphatic heterocycles. The lowest BCUT2D eigenvalue weighted by Gasteiger charge is -2.29. The molecule has 1 unspecified atom stereocenters. The zero-order valence-electron chi connectivity index (χ0n) is 13.5. The fourth-order valence-corrected chi connectivity index (χ4v) is 3.99. The van der Waals surface area contributed by atoms with E-state index in [1.54, 1.807) is 0 Å². The van der Waals surface area contributed by atoms with E-state index in [-0.39, 0.29) is 5.92 Å². The first-order valence-electron chi connectivity index (χ1n) is 8.13. The Labute approximate surface area is 132 Å². The molecule has 2 rings (SSSR count). The second kappa shape index (κ2) is 7.95. The second-order valence-corrected chi connectivity index (χ2v) is 7.73. The molecule has 1 aromatic heterocycles. The molecule has 2 heterocycles. The highest BCUT2D eigenvalue weighted by Gasteiger charge is 2.21. The Morgan fingerprint density at radius 2 is 1.90 bits per heavy atom. The molecule has 118 valence electrons. The van der Waals surface area contributed by atoms with Crippen LogP contribution in [0, 0.1) is 11.8 Å². The van der Waals surface area contributed by atoms with Crippen LogP contribution in [0.15, 0.2) is 12.1 Å². The summed E-state index contributed by atoms with van der Waals surface area (Å²) in [5, 5.41) is 3.29. The average Bonchev–Trinajstić information content (AvgIpc) is 2.91. The molecule has 1 amide bonds. The molecule has 0 aliphatic carbocycles. The van der Waals surface area contributed by atoms with Crippen LogP contribution in [0.2, 0.25) is 0 Å². The average molecular weight is 308 g/mol. The van der Waals surface area contributed by atoms with Crippen molar-refractivity contribution in [3.63, 3.8) is 0 Å². The molecule has 1 atom stereocenters. The summed E-state index contributed by atoms with van der Waals surface area (Å²) in [4.78, 5) is 17.3. The van der Waals surface area contributed by atoms with Crippen molar-refractivity contribution >= 4 is 17.2 Å². The number of carbonyl (C=O) groups excluding carboxylic acids is 1. The fraction of sp³-hybridized carbons (Fsp3) is 0.706. The highest BCUT2D eigenvalue weighted by molar-refractivity contribution is 7.11. The van der Waals surface area contributed by atoms with Crippen LogP contribution >= 0.6 is 11.3 Å². The summed E-state index contributed by atoms with van der Waals surface area (Å²) in [6.07, 6.45) is 3.16. The van der Waals surface area contributed by atoms with Gasteiger partial charge in [0.25, 0.3) is 0 Å². The zero-order valence-corrected chi connectivity index (χ0v) is 14.3. The maximum absolute atomic E-state index is 12.4. The molecule has 0 saturated carbocycles. The molecule has 3 nitrogen and oxygen atoms in total. The first kappa shape index (κ1) is 16.5. The van der Waals surface area contributed by atoms with E-state index in [1.165, 1.54) is 16.2 Å². The monoisotopic (exact) mass is 308 g/mol. The molecule has 0 aromatic carbocycles. The van der Waals surface area contributed by atoms with Crippen molar-refractivity contribution in [2.45, 2.75) is 40.0 Å². The summed E-state index contributed by atoms with van der Waals surface area (Å²) < 4.78 is 0. The number of hydrogen-bond acceptors (Lipinski definition) is 3. The summed E-state index contributed by atoms with van der Waals surface area (Å²) >= 11 is 1.92. The van der Waals surface area contributed by atoms with Gasteiger partial charge in [-0.2, -0.15) is 0 Å². The van der Waals surface area contributed by atoms with E-state index in [2.05, 4.69) is 38.2 Å². The number of nitrogens with zero attached hydrogens (tertiary/aromatic N) is 1. The van der Waals surface area contributed by atoms with E-state index < -0.39 is 0 Å². The maximum atomic E-state index is 12.4. The third-order valence-corrected chi connectivity index (χ3v) is 5.17. The van der Waals surface area contributed by atoms with Crippen LogP contribution in [-0.4, -0.2) is 37.0 Å². The van der Waals surface area contributed by atoms with Gasteiger partial charge in [-0.1, -0.05) is 20.8 Å². The van der Waals surface area contributed by atoms with Gasteiger partial charge in [0.2, 0.25) is 5.91 Å². The quantitative estimate of drug-likeness (QED) is 0.876. The predicted molar refractivity (Wildman–Crippen MR) is 89.8 cm³/mol. The van der Waals surface area contributed by atoms with Crippen LogP contribution in [0.4, 0.5) is 0 Å². The number of thiophene rings is 1. The van der Waals surface area contributed by atoms with Crippen molar-refractivity contribution in [2.75, 3.05) is 26.2 Å². The normalized spacial score (nSPS) is 17.2. The molecular weight excluding hydrogens is 280 g/mol. The third kappa shape index (κ3) is 5.11. The predicted octanol–water partition coefficient (Wildman–Crippen LogP) is 2.95. The Bertz CT molecular complexity index is 449. The molecule has 0 spiro atoms. The van der Waals surface area contributed by atoms with E-state index in [9.17, 15) is 4.79 Å². The van der Waals surface area contributed by atoms with Gasteiger partial charge in [0.1, 0.15) is 0 Å². The number of hydrogen-bond donors (Lipinski definition) is 1. The number of nitrogens with one attached hydrogen (secondary N) is 1. The molecular formula is C17H28N2OS. The maximum Gasteiger partial charge on any atom is 0.225 e. The molecule has 1 fully saturated rings. The lowest BCUT2D eigenvalue weighted by atomic mass is 10.0. The first-order valence-corrected chi connectivity index (χ1v) is 8.95. The molecule has 4 heteroatoms. The van der Waals surface area contributed by atoms with E-state index in [0.717, 1.165) is 39.0 Å². The van der Waals surface area contributed by atoms with Gasteiger partial charge in [0, 0.05) is 41.9 Å². The van der Waals surface area contributed by atoms with Crippen LogP contribution in [0.1, 0.15) is 36.9 Å². The topological polar surface area (TPSA) is 32.3 Å². The van der Waals surface area contributed by atoms with Crippen molar-refractivity contribution in [1.29, 1.82) is 0 Å². The lowest BCUT2D eigenvalue weighted by molar-refractivity contribution is -0.135. The van der Waals surface area contributed by atoms with Crippen molar-refractivity contribution in [3.8, 4) is 0 Å². The minimum Gasteiger partial charge on any atom is -0.340 e. The summed E-state index contributed by atoms with van der Waals surface area (Å²) in [7, 11) is 0. The Balaban J connectivity index is 1.78. The molecule has 21 heavy (non-hydrogen) atoms. The van der Waals surface area contributed by atoms with Crippen LogP contribution in [0.25, 0.3) is 0 Å². The van der Waals surface area contributed by atoms with Gasteiger partial charge >= 0.3 is 0 Å². The summed E-state index contributed by atoms with van der Waals surface area (Å²) in [5.41, 5.74) is 0. The molecule has 1 aliphatic rings. The minimum absolute atomic E-state index is 0.138. The van der Waals surface area contributed by atoms with Crippen molar-refractivity contribution in [2.24, 2.45) is 11.8 Å². The van der Waals surface area contributed by atoms with E-state index >= 15 is 0 Å². The Morgan fingerprint density at radius 1 is 1.24 bits per heavy atom. The van der Waals surface area contributed by atoms with Gasteiger partial charge in [-0.05, 0) is 37.3 Å². The summed E-state index contributed by atoms with van der Waals surface area (Å²) in [6.45, 7) is 10.2. The minimum atomic E-state index is 0.138. The highest BCUT2D eigenvalue weighted by Crippen LogP contribution is 2.22. The molecule has 0 bridgehead atoms.